The van der Waals surface area contributed by atoms with Crippen molar-refractivity contribution in [2.75, 3.05) is 43.3 Å². The molecule has 3 aromatic carbocycles. The molecule has 8 heteroatoms. The highest BCUT2D eigenvalue weighted by molar-refractivity contribution is 7.80. The molecule has 2 fully saturated rings. The van der Waals surface area contributed by atoms with E-state index in [9.17, 15) is 10.5 Å². The van der Waals surface area contributed by atoms with Gasteiger partial charge in [-0.3, -0.25) is 0 Å². The third-order valence-electron chi connectivity index (χ3n) is 9.41. The highest BCUT2D eigenvalue weighted by Gasteiger charge is 2.68. The van der Waals surface area contributed by atoms with Gasteiger partial charge in [-0.2, -0.15) is 10.5 Å². The molecular weight excluding hydrogens is 540 g/mol. The Labute approximate surface area is 253 Å². The molecule has 3 heterocycles. The highest BCUT2D eigenvalue weighted by atomic mass is 32.1. The van der Waals surface area contributed by atoms with Crippen LogP contribution < -0.4 is 14.5 Å². The van der Waals surface area contributed by atoms with E-state index in [1.807, 2.05) is 29.2 Å². The molecule has 2 bridgehead atoms. The second kappa shape index (κ2) is 10.2. The predicted molar refractivity (Wildman–Crippen MR) is 170 cm³/mol. The van der Waals surface area contributed by atoms with E-state index in [0.29, 0.717) is 43.0 Å². The summed E-state index contributed by atoms with van der Waals surface area (Å²) in [5.74, 6) is 0.714. The number of rotatable bonds is 4. The number of nitriles is 2. The van der Waals surface area contributed by atoms with Gasteiger partial charge in [-0.25, -0.2) is 4.99 Å². The Morgan fingerprint density at radius 3 is 2.02 bits per heavy atom. The second-order valence-corrected chi connectivity index (χ2v) is 12.2. The zero-order valence-electron chi connectivity index (χ0n) is 24.7. The summed E-state index contributed by atoms with van der Waals surface area (Å²) in [4.78, 5) is 11.9. The minimum Gasteiger partial charge on any atom is -0.496 e. The molecule has 0 amide bonds. The average molecular weight is 575 g/mol. The van der Waals surface area contributed by atoms with Crippen LogP contribution in [-0.2, 0) is 0 Å². The molecule has 0 saturated carbocycles. The molecular formula is C34H34N6OS. The van der Waals surface area contributed by atoms with Gasteiger partial charge in [0.1, 0.15) is 34.1 Å². The first kappa shape index (κ1) is 27.8. The number of hydrogen-bond acceptors (Lipinski definition) is 7. The number of methoxy groups -OCH3 is 1. The summed E-state index contributed by atoms with van der Waals surface area (Å²) in [5.41, 5.74) is 5.24. The number of benzene rings is 3. The van der Waals surface area contributed by atoms with Gasteiger partial charge in [0.2, 0.25) is 0 Å². The summed E-state index contributed by atoms with van der Waals surface area (Å²) < 4.78 is 5.81. The molecule has 7 nitrogen and oxygen atoms in total. The molecule has 3 aromatic rings. The van der Waals surface area contributed by atoms with Crippen LogP contribution in [-0.4, -0.2) is 49.3 Å². The van der Waals surface area contributed by atoms with Crippen LogP contribution in [0.3, 0.4) is 0 Å². The monoisotopic (exact) mass is 574 g/mol. The topological polar surface area (TPSA) is 78.9 Å². The fourth-order valence-corrected chi connectivity index (χ4v) is 7.25. The Morgan fingerprint density at radius 1 is 0.833 bits per heavy atom. The molecule has 0 N–H and O–H groups in total. The van der Waals surface area contributed by atoms with Gasteiger partial charge < -0.3 is 19.4 Å². The number of para-hydroxylation sites is 1. The van der Waals surface area contributed by atoms with Gasteiger partial charge in [0, 0.05) is 35.9 Å². The Morgan fingerprint density at radius 2 is 1.43 bits per heavy atom. The van der Waals surface area contributed by atoms with Gasteiger partial charge in [0.05, 0.1) is 25.9 Å². The lowest BCUT2D eigenvalue weighted by Gasteiger charge is -2.61. The van der Waals surface area contributed by atoms with E-state index >= 15 is 0 Å². The number of aliphatic imine (C=N–C) groups is 1. The number of thiocarbonyl (C=S) groups is 1. The Bertz CT molecular complexity index is 1720. The van der Waals surface area contributed by atoms with Crippen LogP contribution in [0.1, 0.15) is 33.7 Å². The van der Waals surface area contributed by atoms with Crippen LogP contribution in [0.5, 0.6) is 5.75 Å². The molecule has 2 saturated heterocycles. The summed E-state index contributed by atoms with van der Waals surface area (Å²) >= 11 is 6.29. The molecule has 212 valence electrons. The summed E-state index contributed by atoms with van der Waals surface area (Å²) in [5, 5.41) is 22.4. The normalized spacial score (nSPS) is 24.8. The molecule has 3 unspecified atom stereocenters. The van der Waals surface area contributed by atoms with Crippen molar-refractivity contribution in [1.29, 1.82) is 10.5 Å². The quantitative estimate of drug-likeness (QED) is 0.352. The van der Waals surface area contributed by atoms with Crippen LogP contribution in [0.2, 0.25) is 0 Å². The van der Waals surface area contributed by atoms with Gasteiger partial charge in [0.25, 0.3) is 0 Å². The fraction of sp³-hybridized carbons (Fsp3) is 0.353. The van der Waals surface area contributed by atoms with Gasteiger partial charge in [0.15, 0.2) is 0 Å². The van der Waals surface area contributed by atoms with Gasteiger partial charge in [-0.05, 0) is 80.3 Å². The van der Waals surface area contributed by atoms with E-state index in [1.54, 1.807) is 7.11 Å². The maximum Gasteiger partial charge on any atom is 0.141 e. The second-order valence-electron chi connectivity index (χ2n) is 11.8. The lowest BCUT2D eigenvalue weighted by Crippen LogP contribution is -2.73. The van der Waals surface area contributed by atoms with Gasteiger partial charge >= 0.3 is 0 Å². The first-order valence-electron chi connectivity index (χ1n) is 14.2. The standard InChI is InChI=1S/C34H34N6OS/c1-22-10-12-26(14-24(22)3)38-18-33(16-35)30(28-8-6-7-9-29(28)41-5)34(17-36,19-38)32(42)40-21-39(20-37-31(33)40)27-13-11-23(2)25(4)15-27/h6-15,30H,18-21H2,1-5H3. The van der Waals surface area contributed by atoms with Crippen LogP contribution in [0, 0.1) is 61.2 Å². The number of fused-ring (bicyclic) bond motifs is 4. The van der Waals surface area contributed by atoms with Crippen molar-refractivity contribution >= 4 is 34.4 Å². The smallest absolute Gasteiger partial charge is 0.141 e. The van der Waals surface area contributed by atoms with E-state index in [0.717, 1.165) is 22.5 Å². The summed E-state index contributed by atoms with van der Waals surface area (Å²) in [7, 11) is 1.63. The zero-order chi connectivity index (χ0) is 29.8. The Hall–Kier alpha value is -4.40. The van der Waals surface area contributed by atoms with Crippen LogP contribution in [0.15, 0.2) is 65.7 Å². The van der Waals surface area contributed by atoms with Crippen LogP contribution in [0.4, 0.5) is 11.4 Å². The fourth-order valence-electron chi connectivity index (χ4n) is 6.88. The first-order valence-corrected chi connectivity index (χ1v) is 14.6. The van der Waals surface area contributed by atoms with Gasteiger partial charge in [-0.1, -0.05) is 42.5 Å². The molecule has 0 aliphatic carbocycles. The van der Waals surface area contributed by atoms with Crippen molar-refractivity contribution in [3.8, 4) is 17.9 Å². The molecule has 0 radical (unpaired) electrons. The SMILES string of the molecule is COc1ccccc1C1C2(C#N)CN(c3ccc(C)c(C)c3)CC1(C#N)C1=NCN(c3ccc(C)c(C)c3)CN1C2=S. The number of aryl methyl sites for hydroxylation is 4. The Balaban J connectivity index is 1.56. The van der Waals surface area contributed by atoms with Crippen molar-refractivity contribution in [3.05, 3.63) is 88.5 Å². The number of piperidine rings is 2. The van der Waals surface area contributed by atoms with E-state index in [-0.39, 0.29) is 0 Å². The van der Waals surface area contributed by atoms with Gasteiger partial charge in [-0.15, -0.1) is 0 Å². The third kappa shape index (κ3) is 3.97. The van der Waals surface area contributed by atoms with E-state index < -0.39 is 16.7 Å². The molecule has 0 spiro atoms. The minimum absolute atomic E-state index is 0.352. The molecule has 3 atom stereocenters. The summed E-state index contributed by atoms with van der Waals surface area (Å²) in [6, 6.07) is 25.8. The third-order valence-corrected chi connectivity index (χ3v) is 10.00. The number of amidine groups is 1. The van der Waals surface area contributed by atoms with Crippen molar-refractivity contribution in [2.45, 2.75) is 33.6 Å². The van der Waals surface area contributed by atoms with Crippen LogP contribution in [0.25, 0.3) is 0 Å². The molecule has 3 aliphatic rings. The molecule has 3 aliphatic heterocycles. The van der Waals surface area contributed by atoms with Crippen molar-refractivity contribution in [1.82, 2.24) is 4.90 Å². The lowest BCUT2D eigenvalue weighted by molar-refractivity contribution is 0.202. The predicted octanol–water partition coefficient (Wildman–Crippen LogP) is 6.03. The number of nitrogens with zero attached hydrogens (tertiary/aromatic N) is 6. The summed E-state index contributed by atoms with van der Waals surface area (Å²) in [6.07, 6.45) is 0. The summed E-state index contributed by atoms with van der Waals surface area (Å²) in [6.45, 7) is 9.91. The average Bonchev–Trinajstić information content (AvgIpc) is 3.01. The molecule has 42 heavy (non-hydrogen) atoms. The van der Waals surface area contributed by atoms with E-state index in [4.69, 9.17) is 21.9 Å². The maximum absolute atomic E-state index is 11.2. The maximum atomic E-state index is 11.2. The van der Waals surface area contributed by atoms with Crippen molar-refractivity contribution in [2.24, 2.45) is 15.8 Å². The largest absolute Gasteiger partial charge is 0.496 e. The zero-order valence-corrected chi connectivity index (χ0v) is 25.5. The number of hydrogen-bond donors (Lipinski definition) is 0. The highest BCUT2D eigenvalue weighted by Crippen LogP contribution is 2.60. The molecule has 6 rings (SSSR count). The first-order chi connectivity index (χ1) is 20.2. The van der Waals surface area contributed by atoms with Crippen LogP contribution >= 0.6 is 12.2 Å². The van der Waals surface area contributed by atoms with Crippen molar-refractivity contribution < 1.29 is 4.74 Å². The van der Waals surface area contributed by atoms with Crippen molar-refractivity contribution in [3.63, 3.8) is 0 Å². The van der Waals surface area contributed by atoms with E-state index in [2.05, 4.69) is 86.0 Å². The number of anilines is 2. The van der Waals surface area contributed by atoms with E-state index in [1.165, 1.54) is 16.7 Å². The number of ether oxygens (including phenoxy) is 1. The molecule has 0 aromatic heterocycles. The lowest BCUT2D eigenvalue weighted by atomic mass is 9.53. The minimum atomic E-state index is -1.19. The Kier molecular flexibility index (Phi) is 6.71.